The van der Waals surface area contributed by atoms with Crippen LogP contribution in [0.2, 0.25) is 0 Å². The predicted octanol–water partition coefficient (Wildman–Crippen LogP) is 3.25. The second-order valence-electron chi connectivity index (χ2n) is 4.59. The van der Waals surface area contributed by atoms with E-state index in [1.807, 2.05) is 0 Å². The number of hydrogen-bond acceptors (Lipinski definition) is 2. The monoisotopic (exact) mass is 305 g/mol. The van der Waals surface area contributed by atoms with Crippen molar-refractivity contribution in [3.05, 3.63) is 70.8 Å². The quantitative estimate of drug-likeness (QED) is 0.790. The summed E-state index contributed by atoms with van der Waals surface area (Å²) in [7, 11) is 0. The van der Waals surface area contributed by atoms with Crippen molar-refractivity contribution in [2.45, 2.75) is 6.18 Å². The average Bonchev–Trinajstić information content (AvgIpc) is 2.89. The predicted molar refractivity (Wildman–Crippen MR) is 74.6 cm³/mol. The fourth-order valence-corrected chi connectivity index (χ4v) is 2.10. The van der Waals surface area contributed by atoms with Gasteiger partial charge in [0, 0.05) is 12.4 Å². The minimum absolute atomic E-state index is 0.150. The van der Waals surface area contributed by atoms with Gasteiger partial charge in [-0.3, -0.25) is 9.89 Å². The molecule has 3 aromatic rings. The lowest BCUT2D eigenvalue weighted by Gasteiger charge is -2.07. The van der Waals surface area contributed by atoms with E-state index < -0.39 is 17.3 Å². The lowest BCUT2D eigenvalue weighted by Crippen LogP contribution is -2.16. The van der Waals surface area contributed by atoms with Crippen molar-refractivity contribution in [1.82, 2.24) is 14.8 Å². The maximum Gasteiger partial charge on any atom is 0.416 e. The van der Waals surface area contributed by atoms with E-state index in [0.717, 1.165) is 12.1 Å². The van der Waals surface area contributed by atoms with Gasteiger partial charge in [0.1, 0.15) is 0 Å². The maximum absolute atomic E-state index is 12.8. The van der Waals surface area contributed by atoms with Gasteiger partial charge in [0.15, 0.2) is 5.82 Å². The summed E-state index contributed by atoms with van der Waals surface area (Å²) in [6, 6.07) is 9.68. The lowest BCUT2D eigenvalue weighted by atomic mass is 10.1. The van der Waals surface area contributed by atoms with Crippen LogP contribution in [0.4, 0.5) is 13.2 Å². The standard InChI is InChI=1S/C15H10F3N3O/c16-15(17,18)11-5-3-4-10(8-11)12-9-20-21(14(12)22)13-6-1-2-7-19-13/h1-9,20H. The zero-order valence-electron chi connectivity index (χ0n) is 11.1. The molecular weight excluding hydrogens is 295 g/mol. The van der Waals surface area contributed by atoms with Crippen molar-refractivity contribution in [2.75, 3.05) is 0 Å². The zero-order valence-corrected chi connectivity index (χ0v) is 11.1. The van der Waals surface area contributed by atoms with Gasteiger partial charge in [-0.2, -0.15) is 13.2 Å². The number of halogens is 3. The van der Waals surface area contributed by atoms with Crippen LogP contribution < -0.4 is 5.56 Å². The molecule has 1 N–H and O–H groups in total. The Hall–Kier alpha value is -2.83. The van der Waals surface area contributed by atoms with Gasteiger partial charge >= 0.3 is 6.18 Å². The maximum atomic E-state index is 12.8. The summed E-state index contributed by atoms with van der Waals surface area (Å²) < 4.78 is 39.4. The van der Waals surface area contributed by atoms with Gasteiger partial charge < -0.3 is 0 Å². The van der Waals surface area contributed by atoms with E-state index in [1.165, 1.54) is 29.2 Å². The average molecular weight is 305 g/mol. The number of pyridine rings is 1. The number of benzene rings is 1. The molecule has 2 aromatic heterocycles. The molecule has 112 valence electrons. The van der Waals surface area contributed by atoms with Crippen LogP contribution >= 0.6 is 0 Å². The minimum atomic E-state index is -4.45. The van der Waals surface area contributed by atoms with Crippen LogP contribution in [0.5, 0.6) is 0 Å². The summed E-state index contributed by atoms with van der Waals surface area (Å²) in [6.07, 6.45) is -1.56. The van der Waals surface area contributed by atoms with Crippen molar-refractivity contribution >= 4 is 0 Å². The highest BCUT2D eigenvalue weighted by molar-refractivity contribution is 5.63. The van der Waals surface area contributed by atoms with E-state index in [2.05, 4.69) is 10.1 Å². The molecule has 0 saturated carbocycles. The van der Waals surface area contributed by atoms with E-state index in [9.17, 15) is 18.0 Å². The molecule has 0 aliphatic heterocycles. The molecule has 0 bridgehead atoms. The molecule has 22 heavy (non-hydrogen) atoms. The van der Waals surface area contributed by atoms with Crippen LogP contribution in [0.3, 0.4) is 0 Å². The van der Waals surface area contributed by atoms with Crippen LogP contribution in [0, 0.1) is 0 Å². The van der Waals surface area contributed by atoms with Crippen LogP contribution in [-0.2, 0) is 6.18 Å². The third-order valence-corrected chi connectivity index (χ3v) is 3.15. The summed E-state index contributed by atoms with van der Waals surface area (Å²) >= 11 is 0. The summed E-state index contributed by atoms with van der Waals surface area (Å²) in [5.41, 5.74) is -0.907. The Balaban J connectivity index is 2.08. The van der Waals surface area contributed by atoms with Crippen molar-refractivity contribution in [3.8, 4) is 16.9 Å². The van der Waals surface area contributed by atoms with Crippen LogP contribution in [0.1, 0.15) is 5.56 Å². The van der Waals surface area contributed by atoms with E-state index in [0.29, 0.717) is 5.82 Å². The number of aromatic nitrogens is 3. The summed E-state index contributed by atoms with van der Waals surface area (Å²) in [5.74, 6) is 0.366. The van der Waals surface area contributed by atoms with Crippen LogP contribution in [-0.4, -0.2) is 14.8 Å². The number of nitrogens with zero attached hydrogens (tertiary/aromatic N) is 2. The Morgan fingerprint density at radius 3 is 2.59 bits per heavy atom. The normalized spacial score (nSPS) is 11.6. The molecule has 0 amide bonds. The topological polar surface area (TPSA) is 50.7 Å². The number of hydrogen-bond donors (Lipinski definition) is 1. The SMILES string of the molecule is O=c1c(-c2cccc(C(F)(F)F)c2)c[nH]n1-c1ccccn1. The van der Waals surface area contributed by atoms with E-state index in [1.54, 1.807) is 18.2 Å². The first-order valence-corrected chi connectivity index (χ1v) is 6.36. The molecule has 0 aliphatic carbocycles. The van der Waals surface area contributed by atoms with Gasteiger partial charge in [-0.25, -0.2) is 9.67 Å². The largest absolute Gasteiger partial charge is 0.416 e. The first kappa shape index (κ1) is 14.1. The van der Waals surface area contributed by atoms with Gasteiger partial charge in [0.05, 0.1) is 11.1 Å². The first-order valence-electron chi connectivity index (χ1n) is 6.36. The molecule has 2 heterocycles. The second kappa shape index (κ2) is 5.18. The first-order chi connectivity index (χ1) is 10.5. The van der Waals surface area contributed by atoms with Gasteiger partial charge in [-0.1, -0.05) is 18.2 Å². The van der Waals surface area contributed by atoms with Crippen LogP contribution in [0.15, 0.2) is 59.7 Å². The molecule has 4 nitrogen and oxygen atoms in total. The van der Waals surface area contributed by atoms with Gasteiger partial charge in [-0.15, -0.1) is 0 Å². The lowest BCUT2D eigenvalue weighted by molar-refractivity contribution is -0.137. The second-order valence-corrected chi connectivity index (χ2v) is 4.59. The Morgan fingerprint density at radius 2 is 1.91 bits per heavy atom. The smallest absolute Gasteiger partial charge is 0.296 e. The van der Waals surface area contributed by atoms with E-state index >= 15 is 0 Å². The fourth-order valence-electron chi connectivity index (χ4n) is 2.10. The molecule has 0 fully saturated rings. The molecule has 7 heteroatoms. The molecule has 0 spiro atoms. The highest BCUT2D eigenvalue weighted by Crippen LogP contribution is 2.31. The van der Waals surface area contributed by atoms with E-state index in [4.69, 9.17) is 0 Å². The van der Waals surface area contributed by atoms with E-state index in [-0.39, 0.29) is 11.1 Å². The number of alkyl halides is 3. The van der Waals surface area contributed by atoms with Gasteiger partial charge in [-0.05, 0) is 29.8 Å². The third kappa shape index (κ3) is 2.52. The molecule has 0 atom stereocenters. The molecule has 0 aliphatic rings. The Morgan fingerprint density at radius 1 is 1.09 bits per heavy atom. The number of H-pyrrole nitrogens is 1. The molecule has 0 unspecified atom stereocenters. The summed E-state index contributed by atoms with van der Waals surface area (Å²) in [6.45, 7) is 0. The highest BCUT2D eigenvalue weighted by Gasteiger charge is 2.30. The molecule has 0 radical (unpaired) electrons. The van der Waals surface area contributed by atoms with Crippen molar-refractivity contribution < 1.29 is 13.2 Å². The van der Waals surface area contributed by atoms with Crippen molar-refractivity contribution in [3.63, 3.8) is 0 Å². The summed E-state index contributed by atoms with van der Waals surface area (Å²) in [5, 5.41) is 2.71. The summed E-state index contributed by atoms with van der Waals surface area (Å²) in [4.78, 5) is 16.4. The third-order valence-electron chi connectivity index (χ3n) is 3.15. The number of nitrogens with one attached hydrogen (secondary N) is 1. The Bertz CT molecular complexity index is 850. The molecule has 0 saturated heterocycles. The zero-order chi connectivity index (χ0) is 15.7. The molecule has 3 rings (SSSR count). The van der Waals surface area contributed by atoms with Crippen LogP contribution in [0.25, 0.3) is 16.9 Å². The van der Waals surface area contributed by atoms with Crippen molar-refractivity contribution in [2.24, 2.45) is 0 Å². The van der Waals surface area contributed by atoms with Gasteiger partial charge in [0.2, 0.25) is 0 Å². The highest BCUT2D eigenvalue weighted by atomic mass is 19.4. The number of aromatic amines is 1. The Kier molecular flexibility index (Phi) is 3.32. The number of rotatable bonds is 2. The van der Waals surface area contributed by atoms with Crippen molar-refractivity contribution in [1.29, 1.82) is 0 Å². The molecular formula is C15H10F3N3O. The minimum Gasteiger partial charge on any atom is -0.296 e. The fraction of sp³-hybridized carbons (Fsp3) is 0.0667. The van der Waals surface area contributed by atoms with Gasteiger partial charge in [0.25, 0.3) is 5.56 Å². The Labute approximate surface area is 122 Å². The molecule has 1 aromatic carbocycles.